The molecule has 0 spiro atoms. The molecule has 0 fully saturated rings. The van der Waals surface area contributed by atoms with E-state index in [1.807, 2.05) is 60.7 Å². The van der Waals surface area contributed by atoms with E-state index in [1.165, 1.54) is 0 Å². The SMILES string of the molecule is NC(c1ccccc1)C(N)c1ccccc1.O=C([O-])C(=O)[O-].[Pt+].[Pt+]. The summed E-state index contributed by atoms with van der Waals surface area (Å²) in [5, 5.41) is 17.9. The maximum absolute atomic E-state index is 8.93. The van der Waals surface area contributed by atoms with Gasteiger partial charge in [-0.05, 0) is 11.1 Å². The van der Waals surface area contributed by atoms with Crippen molar-refractivity contribution in [3.8, 4) is 0 Å². The molecule has 2 aromatic carbocycles. The molecular weight excluding hydrogens is 674 g/mol. The molecule has 0 aliphatic carbocycles. The van der Waals surface area contributed by atoms with Crippen LogP contribution in [0.4, 0.5) is 0 Å². The molecule has 0 saturated heterocycles. The molecule has 2 aromatic rings. The van der Waals surface area contributed by atoms with Gasteiger partial charge in [-0.2, -0.15) is 0 Å². The van der Waals surface area contributed by atoms with Gasteiger partial charge in [0.1, 0.15) is 0 Å². The fourth-order valence-corrected chi connectivity index (χ4v) is 1.77. The molecule has 6 nitrogen and oxygen atoms in total. The van der Waals surface area contributed by atoms with Crippen LogP contribution in [0, 0.1) is 0 Å². The van der Waals surface area contributed by atoms with E-state index in [4.69, 9.17) is 31.3 Å². The number of benzene rings is 2. The number of hydrogen-bond acceptors (Lipinski definition) is 6. The first-order valence-corrected chi connectivity index (χ1v) is 6.47. The van der Waals surface area contributed by atoms with Crippen LogP contribution >= 0.6 is 0 Å². The number of aliphatic carboxylic acids is 2. The minimum Gasteiger partial charge on any atom is -0.543 e. The summed E-state index contributed by atoms with van der Waals surface area (Å²) in [5.74, 6) is -4.37. The Kier molecular flexibility index (Phi) is 13.5. The molecule has 0 saturated carbocycles. The number of carbonyl (C=O) groups is 2. The Morgan fingerprint density at radius 3 is 1.12 bits per heavy atom. The Labute approximate surface area is 168 Å². The molecule has 2 unspecified atom stereocenters. The van der Waals surface area contributed by atoms with Crippen LogP contribution in [0.25, 0.3) is 0 Å². The van der Waals surface area contributed by atoms with Crippen molar-refractivity contribution in [2.24, 2.45) is 11.5 Å². The number of carbonyl (C=O) groups excluding carboxylic acids is 2. The van der Waals surface area contributed by atoms with E-state index in [1.54, 1.807) is 0 Å². The van der Waals surface area contributed by atoms with Gasteiger partial charge in [0.15, 0.2) is 0 Å². The third-order valence-electron chi connectivity index (χ3n) is 2.92. The third kappa shape index (κ3) is 8.51. The Bertz CT molecular complexity index is 556. The van der Waals surface area contributed by atoms with Gasteiger partial charge >= 0.3 is 42.1 Å². The molecule has 0 heterocycles. The van der Waals surface area contributed by atoms with Gasteiger partial charge in [-0.15, -0.1) is 0 Å². The third-order valence-corrected chi connectivity index (χ3v) is 2.92. The zero-order valence-corrected chi connectivity index (χ0v) is 16.9. The first kappa shape index (κ1) is 24.9. The molecule has 4 N–H and O–H groups in total. The molecule has 8 heteroatoms. The van der Waals surface area contributed by atoms with Gasteiger partial charge in [0.05, 0.1) is 11.9 Å². The second-order valence-electron chi connectivity index (χ2n) is 4.45. The minimum atomic E-state index is -2.19. The summed E-state index contributed by atoms with van der Waals surface area (Å²) >= 11 is 0. The van der Waals surface area contributed by atoms with Gasteiger partial charge in [-0.3, -0.25) is 0 Å². The molecule has 134 valence electrons. The summed E-state index contributed by atoms with van der Waals surface area (Å²) in [6.07, 6.45) is 0. The summed E-state index contributed by atoms with van der Waals surface area (Å²) in [7, 11) is 0. The van der Waals surface area contributed by atoms with Crippen molar-refractivity contribution in [3.05, 3.63) is 71.8 Å². The van der Waals surface area contributed by atoms with Gasteiger partial charge < -0.3 is 31.3 Å². The summed E-state index contributed by atoms with van der Waals surface area (Å²) in [5.41, 5.74) is 14.4. The standard InChI is InChI=1S/C14H16N2.C2H2O4.2Pt/c15-13(11-7-3-1-4-8-11)14(16)12-9-5-2-6-10-12;3-1(4)2(5)6;;/h1-10,13-14H,15-16H2;(H,3,4)(H,5,6);;/q;;2*+1/p-2. The molecule has 24 heavy (non-hydrogen) atoms. The molecule has 2 radical (unpaired) electrons. The summed E-state index contributed by atoms with van der Waals surface area (Å²) in [4.78, 5) is 17.9. The number of rotatable bonds is 3. The second-order valence-corrected chi connectivity index (χ2v) is 4.45. The van der Waals surface area contributed by atoms with Crippen LogP contribution in [0.15, 0.2) is 60.7 Å². The van der Waals surface area contributed by atoms with Crippen molar-refractivity contribution in [1.29, 1.82) is 0 Å². The maximum Gasteiger partial charge on any atom is 1.00 e. The van der Waals surface area contributed by atoms with Crippen molar-refractivity contribution in [2.45, 2.75) is 12.1 Å². The van der Waals surface area contributed by atoms with E-state index in [2.05, 4.69) is 0 Å². The van der Waals surface area contributed by atoms with Crippen molar-refractivity contribution in [3.63, 3.8) is 0 Å². The van der Waals surface area contributed by atoms with E-state index in [0.717, 1.165) is 11.1 Å². The largest absolute Gasteiger partial charge is 1.00 e. The topological polar surface area (TPSA) is 132 Å². The van der Waals surface area contributed by atoms with E-state index in [-0.39, 0.29) is 54.2 Å². The van der Waals surface area contributed by atoms with Gasteiger partial charge in [0.2, 0.25) is 0 Å². The molecule has 2 atom stereocenters. The summed E-state index contributed by atoms with van der Waals surface area (Å²) < 4.78 is 0. The molecule has 2 rings (SSSR count). The zero-order chi connectivity index (χ0) is 16.5. The van der Waals surface area contributed by atoms with Gasteiger partial charge in [-0.25, -0.2) is 0 Å². The van der Waals surface area contributed by atoms with Crippen LogP contribution in [0.3, 0.4) is 0 Å². The predicted molar refractivity (Wildman–Crippen MR) is 76.8 cm³/mol. The smallest absolute Gasteiger partial charge is 0.543 e. The second kappa shape index (κ2) is 13.0. The Hall–Kier alpha value is -1.32. The average molecular weight is 690 g/mol. The van der Waals surface area contributed by atoms with Crippen molar-refractivity contribution >= 4 is 11.9 Å². The first-order chi connectivity index (χ1) is 10.4. The van der Waals surface area contributed by atoms with Crippen molar-refractivity contribution in [2.75, 3.05) is 0 Å². The van der Waals surface area contributed by atoms with Crippen LogP contribution in [0.2, 0.25) is 0 Å². The van der Waals surface area contributed by atoms with E-state index in [9.17, 15) is 0 Å². The normalized spacial score (nSPS) is 11.4. The molecule has 0 bridgehead atoms. The molecule has 0 aromatic heterocycles. The van der Waals surface area contributed by atoms with E-state index < -0.39 is 11.9 Å². The quantitative estimate of drug-likeness (QED) is 0.392. The van der Waals surface area contributed by atoms with Gasteiger partial charge in [0.25, 0.3) is 0 Å². The zero-order valence-electron chi connectivity index (χ0n) is 12.3. The number of hydrogen-bond donors (Lipinski definition) is 2. The number of nitrogens with two attached hydrogens (primary N) is 2. The van der Waals surface area contributed by atoms with E-state index >= 15 is 0 Å². The predicted octanol–water partition coefficient (Wildman–Crippen LogP) is -1.13. The first-order valence-electron chi connectivity index (χ1n) is 6.47. The fraction of sp³-hybridized carbons (Fsp3) is 0.125. The average Bonchev–Trinajstić information content (AvgIpc) is 2.55. The molecule has 0 amide bonds. The number of carboxylic acid groups (broad SMARTS) is 2. The van der Waals surface area contributed by atoms with Crippen LogP contribution < -0.4 is 21.7 Å². The summed E-state index contributed by atoms with van der Waals surface area (Å²) in [6, 6.07) is 19.6. The minimum absolute atomic E-state index is 0. The monoisotopic (exact) mass is 690 g/mol. The van der Waals surface area contributed by atoms with Crippen LogP contribution in [0.1, 0.15) is 23.2 Å². The van der Waals surface area contributed by atoms with Crippen LogP contribution in [-0.4, -0.2) is 11.9 Å². The summed E-state index contributed by atoms with van der Waals surface area (Å²) in [6.45, 7) is 0. The van der Waals surface area contributed by atoms with Gasteiger partial charge in [0, 0.05) is 12.1 Å². The molecule has 0 aliphatic heterocycles. The molecular formula is C16H16N2O4Pt2. The van der Waals surface area contributed by atoms with Crippen molar-refractivity contribution < 1.29 is 61.9 Å². The van der Waals surface area contributed by atoms with Crippen LogP contribution in [-0.2, 0) is 51.7 Å². The van der Waals surface area contributed by atoms with Crippen molar-refractivity contribution in [1.82, 2.24) is 0 Å². The maximum atomic E-state index is 8.93. The Morgan fingerprint density at radius 1 is 0.667 bits per heavy atom. The van der Waals surface area contributed by atoms with E-state index in [0.29, 0.717) is 0 Å². The molecule has 0 aliphatic rings. The number of carboxylic acids is 2. The van der Waals surface area contributed by atoms with Crippen LogP contribution in [0.5, 0.6) is 0 Å². The fourth-order valence-electron chi connectivity index (χ4n) is 1.77. The Morgan fingerprint density at radius 2 is 0.917 bits per heavy atom. The Balaban J connectivity index is 0. The van der Waals surface area contributed by atoms with Gasteiger partial charge in [-0.1, -0.05) is 60.7 Å².